The van der Waals surface area contributed by atoms with Gasteiger partial charge in [0.25, 0.3) is 0 Å². The average Bonchev–Trinajstić information content (AvgIpc) is 2.76. The first-order chi connectivity index (χ1) is 7.40. The second-order valence-corrected chi connectivity index (χ2v) is 2.93. The van der Waals surface area contributed by atoms with Gasteiger partial charge in [0, 0.05) is 4.90 Å². The van der Waals surface area contributed by atoms with Gasteiger partial charge < -0.3 is 15.5 Å². The van der Waals surface area contributed by atoms with Crippen LogP contribution in [-0.2, 0) is 29.4 Å². The van der Waals surface area contributed by atoms with Crippen LogP contribution >= 0.6 is 21.2 Å². The van der Waals surface area contributed by atoms with Crippen LogP contribution in [0.4, 0.5) is 0 Å². The van der Waals surface area contributed by atoms with Crippen molar-refractivity contribution in [3.8, 4) is 0 Å². The number of rotatable bonds is 3. The number of halogens is 1. The summed E-state index contributed by atoms with van der Waals surface area (Å²) in [7, 11) is 4.58. The Bertz CT molecular complexity index is 421. The van der Waals surface area contributed by atoms with Gasteiger partial charge >= 0.3 is 58.7 Å². The van der Waals surface area contributed by atoms with Gasteiger partial charge in [-0.15, -0.1) is 0 Å². The molecule has 0 aliphatic heterocycles. The van der Waals surface area contributed by atoms with Crippen molar-refractivity contribution in [3.05, 3.63) is 18.2 Å². The first-order valence-electron chi connectivity index (χ1n) is 3.40. The van der Waals surface area contributed by atoms with E-state index < -0.39 is 0 Å². The first-order valence-corrected chi connectivity index (χ1v) is 6.83. The van der Waals surface area contributed by atoms with Crippen molar-refractivity contribution < 1.29 is 64.2 Å². The second-order valence-electron chi connectivity index (χ2n) is 2.16. The molecule has 1 aromatic heterocycles. The predicted octanol–water partition coefficient (Wildman–Crippen LogP) is -2.49. The average molecular weight is 453 g/mol. The summed E-state index contributed by atoms with van der Waals surface area (Å²) >= 11 is 2.56. The van der Waals surface area contributed by atoms with Crippen molar-refractivity contribution in [2.45, 2.75) is 4.90 Å². The molecule has 0 unspecified atom stereocenters. The summed E-state index contributed by atoms with van der Waals surface area (Å²) in [5.74, 6) is 0. The molecular formula is C6H3AuClN3NaO3S-. The van der Waals surface area contributed by atoms with Crippen LogP contribution in [0.25, 0.3) is 11.0 Å². The van der Waals surface area contributed by atoms with Crippen LogP contribution in [0.3, 0.4) is 0 Å². The fourth-order valence-electron chi connectivity index (χ4n) is 0.892. The van der Waals surface area contributed by atoms with E-state index in [4.69, 9.17) is 0 Å². The van der Waals surface area contributed by atoms with Crippen LogP contribution in [0, 0.1) is 0 Å². The van der Waals surface area contributed by atoms with Crippen molar-refractivity contribution in [2.75, 3.05) is 0 Å². The van der Waals surface area contributed by atoms with Crippen LogP contribution in [0.15, 0.2) is 23.1 Å². The number of hydrogen-bond donors (Lipinski definition) is 0. The molecule has 0 atom stereocenters. The number of aromatic nitrogens is 3. The summed E-state index contributed by atoms with van der Waals surface area (Å²) in [5, 5.41) is 23.7. The van der Waals surface area contributed by atoms with E-state index in [2.05, 4.69) is 34.0 Å². The molecule has 0 bridgehead atoms. The molecule has 2 aromatic rings. The molecule has 0 saturated carbocycles. The molecule has 0 fully saturated rings. The molecule has 16 heavy (non-hydrogen) atoms. The normalized spacial score (nSPS) is 9.25. The number of nitrogens with zero attached hydrogens (tertiary/aromatic N) is 3. The molecule has 2 rings (SSSR count). The molecule has 0 spiro atoms. The minimum atomic E-state index is 0. The zero-order valence-electron chi connectivity index (χ0n) is 7.89. The van der Waals surface area contributed by atoms with E-state index in [1.165, 1.54) is 0 Å². The molecule has 86 valence electrons. The van der Waals surface area contributed by atoms with Crippen molar-refractivity contribution in [1.29, 1.82) is 0 Å². The third kappa shape index (κ3) is 5.03. The van der Waals surface area contributed by atoms with Gasteiger partial charge in [-0.3, -0.25) is 10.3 Å². The van der Waals surface area contributed by atoms with Crippen molar-refractivity contribution in [1.82, 2.24) is 15.4 Å². The van der Waals surface area contributed by atoms with E-state index in [0.29, 0.717) is 15.9 Å². The van der Waals surface area contributed by atoms with Crippen molar-refractivity contribution >= 4 is 32.3 Å². The molecule has 10 heteroatoms. The van der Waals surface area contributed by atoms with Crippen LogP contribution in [0.5, 0.6) is 0 Å². The minimum absolute atomic E-state index is 0. The maximum absolute atomic E-state index is 9.53. The van der Waals surface area contributed by atoms with Gasteiger partial charge in [0.1, 0.15) is 0 Å². The van der Waals surface area contributed by atoms with E-state index in [-0.39, 0.29) is 29.6 Å². The van der Waals surface area contributed by atoms with Crippen LogP contribution < -0.4 is 39.9 Å². The molecule has 0 aliphatic carbocycles. The zero-order valence-corrected chi connectivity index (χ0v) is 13.6. The van der Waals surface area contributed by atoms with Crippen molar-refractivity contribution in [2.24, 2.45) is 0 Å². The quantitative estimate of drug-likeness (QED) is 0.221. The molecule has 0 aliphatic rings. The monoisotopic (exact) mass is 452 g/mol. The third-order valence-electron chi connectivity index (χ3n) is 1.41. The summed E-state index contributed by atoms with van der Waals surface area (Å²) in [5.41, 5.74) is 1.35. The number of fused-ring (bicyclic) bond motifs is 1. The Kier molecular flexibility index (Phi) is 10.4. The van der Waals surface area contributed by atoms with Gasteiger partial charge in [-0.2, -0.15) is 4.33 Å². The van der Waals surface area contributed by atoms with Gasteiger partial charge in [-0.1, -0.05) is 6.07 Å². The summed E-state index contributed by atoms with van der Waals surface area (Å²) in [6.45, 7) is 0. The molecule has 6 nitrogen and oxygen atoms in total. The Hall–Kier alpha value is 0.880. The number of hydrogen-bond acceptors (Lipinski definition) is 6. The first kappa shape index (κ1) is 16.9. The fraction of sp³-hybridized carbons (Fsp3) is 0. The summed E-state index contributed by atoms with van der Waals surface area (Å²) in [6.07, 6.45) is 0. The van der Waals surface area contributed by atoms with Crippen molar-refractivity contribution in [3.63, 3.8) is 0 Å². The van der Waals surface area contributed by atoms with Gasteiger partial charge in [-0.25, -0.2) is 0 Å². The van der Waals surface area contributed by atoms with E-state index in [1.54, 1.807) is 38.2 Å². The zero-order chi connectivity index (χ0) is 11.1. The topological polar surface area (TPSA) is 81.4 Å². The molecule has 0 amide bonds. The molecule has 1 aromatic carbocycles. The maximum atomic E-state index is 9.53. The molecular weight excluding hydrogens is 450 g/mol. The summed E-state index contributed by atoms with van der Waals surface area (Å²) in [6, 6.07) is 5.15. The summed E-state index contributed by atoms with van der Waals surface area (Å²) in [4.78, 5) is 0.700. The smallest absolute Gasteiger partial charge is 0.691 e. The van der Waals surface area contributed by atoms with Crippen LogP contribution in [0.1, 0.15) is 0 Å². The Labute approximate surface area is 133 Å². The van der Waals surface area contributed by atoms with Gasteiger partial charge in [0.2, 0.25) is 0 Å². The van der Waals surface area contributed by atoms with Gasteiger partial charge in [-0.05, 0) is 23.2 Å². The van der Waals surface area contributed by atoms with E-state index in [0.717, 1.165) is 12.0 Å². The Morgan fingerprint density at radius 2 is 2.19 bits per heavy atom. The second kappa shape index (κ2) is 9.86. The number of benzene rings is 1. The Morgan fingerprint density at radius 1 is 1.44 bits per heavy atom. The van der Waals surface area contributed by atoms with E-state index in [9.17, 15) is 5.26 Å². The third-order valence-corrected chi connectivity index (χ3v) is 1.98. The maximum Gasteiger partial charge on any atom is 1.00 e. The molecule has 0 N–H and O–H groups in total. The molecule has 0 saturated heterocycles. The van der Waals surface area contributed by atoms with Gasteiger partial charge in [0.05, 0.1) is 12.0 Å². The molecule has 0 radical (unpaired) electrons. The predicted molar refractivity (Wildman–Crippen MR) is 46.7 cm³/mol. The van der Waals surface area contributed by atoms with Crippen LogP contribution in [0.2, 0.25) is 0 Å². The Morgan fingerprint density at radius 3 is 2.88 bits per heavy atom. The van der Waals surface area contributed by atoms with Gasteiger partial charge in [0.15, 0.2) is 0 Å². The fourth-order valence-corrected chi connectivity index (χ4v) is 1.28. The summed E-state index contributed by atoms with van der Waals surface area (Å²) < 4.78 is 4.14. The SMILES string of the molecule is [Cl][Au].[Na+].[O-]OOSc1ccc2[n-]nnc2c1. The minimum Gasteiger partial charge on any atom is -0.691 e. The van der Waals surface area contributed by atoms with E-state index in [1.807, 2.05) is 0 Å². The molecule has 1 heterocycles. The van der Waals surface area contributed by atoms with E-state index >= 15 is 0 Å². The van der Waals surface area contributed by atoms with Crippen LogP contribution in [-0.4, -0.2) is 10.3 Å². The largest absolute Gasteiger partial charge is 1.00 e. The standard InChI is InChI=1S/C6H4N3O3S.Au.ClH.Na/c10-11-12-13-4-1-2-5-6(3-4)8-9-7-5;;;/h1-3H,(H-,7,8,9,10);;1H;/q-1;+1;;+1/p-2. The Balaban J connectivity index is 0.000000711.